The van der Waals surface area contributed by atoms with Crippen molar-refractivity contribution in [3.63, 3.8) is 0 Å². The number of thiocarbonyl (C=S) groups is 1. The average molecular weight is 226 g/mol. The Balaban J connectivity index is 2.70. The molecule has 0 saturated carbocycles. The van der Waals surface area contributed by atoms with Crippen molar-refractivity contribution in [2.24, 2.45) is 0 Å². The summed E-state index contributed by atoms with van der Waals surface area (Å²) >= 11 is 6.31. The lowest BCUT2D eigenvalue weighted by Gasteiger charge is -2.04. The van der Waals surface area contributed by atoms with Gasteiger partial charge in [0.05, 0.1) is 9.95 Å². The molecule has 0 aliphatic carbocycles. The predicted octanol–water partition coefficient (Wildman–Crippen LogP) is 2.49. The number of aliphatic carboxylic acids is 1. The molecule has 0 saturated heterocycles. The number of aryl methyl sites for hydroxylation is 1. The van der Waals surface area contributed by atoms with Crippen molar-refractivity contribution in [2.75, 3.05) is 5.75 Å². The lowest BCUT2D eigenvalue weighted by atomic mass is 10.1. The summed E-state index contributed by atoms with van der Waals surface area (Å²) < 4.78 is 0.644. The molecular formula is C10H10O2S2. The van der Waals surface area contributed by atoms with Crippen molar-refractivity contribution in [1.29, 1.82) is 0 Å². The van der Waals surface area contributed by atoms with Gasteiger partial charge in [-0.25, -0.2) is 0 Å². The first-order chi connectivity index (χ1) is 6.61. The van der Waals surface area contributed by atoms with E-state index in [-0.39, 0.29) is 5.75 Å². The summed E-state index contributed by atoms with van der Waals surface area (Å²) in [6.45, 7) is 1.96. The average Bonchev–Trinajstić information content (AvgIpc) is 2.15. The van der Waals surface area contributed by atoms with Crippen LogP contribution in [0.1, 0.15) is 11.1 Å². The zero-order valence-corrected chi connectivity index (χ0v) is 9.32. The van der Waals surface area contributed by atoms with Crippen LogP contribution in [0.25, 0.3) is 0 Å². The van der Waals surface area contributed by atoms with E-state index >= 15 is 0 Å². The second-order valence-electron chi connectivity index (χ2n) is 2.78. The molecule has 0 aromatic heterocycles. The summed E-state index contributed by atoms with van der Waals surface area (Å²) in [4.78, 5) is 10.3. The normalized spacial score (nSPS) is 9.79. The van der Waals surface area contributed by atoms with E-state index in [0.717, 1.165) is 11.1 Å². The summed E-state index contributed by atoms with van der Waals surface area (Å²) in [5.74, 6) is -0.821. The lowest BCUT2D eigenvalue weighted by molar-refractivity contribution is -0.133. The zero-order chi connectivity index (χ0) is 10.6. The third-order valence-corrected chi connectivity index (χ3v) is 3.14. The first-order valence-electron chi connectivity index (χ1n) is 4.06. The minimum Gasteiger partial charge on any atom is -0.481 e. The smallest absolute Gasteiger partial charge is 0.313 e. The fraction of sp³-hybridized carbons (Fsp3) is 0.200. The van der Waals surface area contributed by atoms with E-state index in [4.69, 9.17) is 17.3 Å². The van der Waals surface area contributed by atoms with E-state index in [2.05, 4.69) is 0 Å². The maximum atomic E-state index is 10.3. The molecule has 14 heavy (non-hydrogen) atoms. The second-order valence-corrected chi connectivity index (χ2v) is 4.44. The van der Waals surface area contributed by atoms with Crippen LogP contribution in [-0.2, 0) is 4.79 Å². The van der Waals surface area contributed by atoms with Gasteiger partial charge in [-0.2, -0.15) is 0 Å². The Labute approximate surface area is 92.3 Å². The Morgan fingerprint density at radius 1 is 1.50 bits per heavy atom. The van der Waals surface area contributed by atoms with Crippen molar-refractivity contribution < 1.29 is 9.90 Å². The Bertz CT molecular complexity index is 361. The van der Waals surface area contributed by atoms with Crippen LogP contribution in [0.2, 0.25) is 0 Å². The van der Waals surface area contributed by atoms with Gasteiger partial charge in [-0.1, -0.05) is 36.5 Å². The Kier molecular flexibility index (Phi) is 4.10. The number of hydrogen-bond donors (Lipinski definition) is 1. The molecule has 0 unspecified atom stereocenters. The van der Waals surface area contributed by atoms with Crippen LogP contribution in [0.3, 0.4) is 0 Å². The van der Waals surface area contributed by atoms with E-state index in [1.54, 1.807) is 0 Å². The van der Waals surface area contributed by atoms with Crippen LogP contribution in [-0.4, -0.2) is 21.0 Å². The van der Waals surface area contributed by atoms with Crippen LogP contribution in [0.4, 0.5) is 0 Å². The van der Waals surface area contributed by atoms with Gasteiger partial charge in [-0.3, -0.25) is 4.79 Å². The highest BCUT2D eigenvalue weighted by molar-refractivity contribution is 8.24. The van der Waals surface area contributed by atoms with Crippen molar-refractivity contribution in [2.45, 2.75) is 6.92 Å². The van der Waals surface area contributed by atoms with Gasteiger partial charge in [-0.15, -0.1) is 11.8 Å². The highest BCUT2D eigenvalue weighted by atomic mass is 32.2. The third kappa shape index (κ3) is 3.12. The summed E-state index contributed by atoms with van der Waals surface area (Å²) in [5.41, 5.74) is 2.03. The van der Waals surface area contributed by atoms with Crippen molar-refractivity contribution in [3.05, 3.63) is 35.4 Å². The number of rotatable bonds is 3. The molecule has 2 nitrogen and oxygen atoms in total. The van der Waals surface area contributed by atoms with Gasteiger partial charge < -0.3 is 5.11 Å². The first kappa shape index (κ1) is 11.2. The van der Waals surface area contributed by atoms with E-state index < -0.39 is 5.97 Å². The zero-order valence-electron chi connectivity index (χ0n) is 7.69. The van der Waals surface area contributed by atoms with Gasteiger partial charge >= 0.3 is 5.97 Å². The molecule has 0 radical (unpaired) electrons. The minimum absolute atomic E-state index is 0.0210. The molecule has 0 atom stereocenters. The van der Waals surface area contributed by atoms with Crippen molar-refractivity contribution in [3.8, 4) is 0 Å². The molecule has 1 rings (SSSR count). The molecule has 0 amide bonds. The molecule has 0 aliphatic heterocycles. The fourth-order valence-corrected chi connectivity index (χ4v) is 2.05. The van der Waals surface area contributed by atoms with Gasteiger partial charge in [0, 0.05) is 5.56 Å². The monoisotopic (exact) mass is 226 g/mol. The molecule has 4 heteroatoms. The van der Waals surface area contributed by atoms with Gasteiger partial charge in [0.15, 0.2) is 0 Å². The van der Waals surface area contributed by atoms with E-state index in [1.807, 2.05) is 31.2 Å². The quantitative estimate of drug-likeness (QED) is 0.803. The van der Waals surface area contributed by atoms with Crippen LogP contribution in [0.15, 0.2) is 24.3 Å². The number of hydrogen-bond acceptors (Lipinski definition) is 3. The van der Waals surface area contributed by atoms with Gasteiger partial charge in [-0.05, 0) is 12.5 Å². The number of thioether (sulfide) groups is 1. The topological polar surface area (TPSA) is 37.3 Å². The second kappa shape index (κ2) is 5.12. The molecular weight excluding hydrogens is 216 g/mol. The van der Waals surface area contributed by atoms with Gasteiger partial charge in [0.2, 0.25) is 0 Å². The molecule has 0 fully saturated rings. The summed E-state index contributed by atoms with van der Waals surface area (Å²) in [6, 6.07) is 7.70. The SMILES string of the molecule is Cc1ccccc1C(=S)SCC(=O)O. The number of benzene rings is 1. The Hall–Kier alpha value is -0.870. The van der Waals surface area contributed by atoms with Crippen molar-refractivity contribution in [1.82, 2.24) is 0 Å². The highest BCUT2D eigenvalue weighted by Gasteiger charge is 2.06. The maximum absolute atomic E-state index is 10.3. The number of carboxylic acids is 1. The molecule has 1 N–H and O–H groups in total. The molecule has 0 spiro atoms. The lowest BCUT2D eigenvalue weighted by Crippen LogP contribution is -2.03. The molecule has 0 aliphatic rings. The van der Waals surface area contributed by atoms with E-state index in [0.29, 0.717) is 4.20 Å². The Morgan fingerprint density at radius 3 is 2.71 bits per heavy atom. The van der Waals surface area contributed by atoms with Crippen molar-refractivity contribution >= 4 is 34.1 Å². The van der Waals surface area contributed by atoms with Crippen LogP contribution in [0.5, 0.6) is 0 Å². The summed E-state index contributed by atoms with van der Waals surface area (Å²) in [6.07, 6.45) is 0. The largest absolute Gasteiger partial charge is 0.481 e. The summed E-state index contributed by atoms with van der Waals surface area (Å²) in [7, 11) is 0. The molecule has 0 bridgehead atoms. The van der Waals surface area contributed by atoms with Crippen LogP contribution < -0.4 is 0 Å². The van der Waals surface area contributed by atoms with Crippen LogP contribution in [0, 0.1) is 6.92 Å². The third-order valence-electron chi connectivity index (χ3n) is 1.69. The first-order valence-corrected chi connectivity index (χ1v) is 5.45. The molecule has 0 heterocycles. The number of carbonyl (C=O) groups is 1. The molecule has 1 aromatic rings. The van der Waals surface area contributed by atoms with Gasteiger partial charge in [0.25, 0.3) is 0 Å². The van der Waals surface area contributed by atoms with E-state index in [1.165, 1.54) is 11.8 Å². The maximum Gasteiger partial charge on any atom is 0.313 e. The molecule has 74 valence electrons. The van der Waals surface area contributed by atoms with Gasteiger partial charge in [0.1, 0.15) is 0 Å². The standard InChI is InChI=1S/C10H10O2S2/c1-7-4-2-3-5-8(7)10(13)14-6-9(11)12/h2-5H,6H2,1H3,(H,11,12). The predicted molar refractivity (Wildman–Crippen MR) is 63.0 cm³/mol. The van der Waals surface area contributed by atoms with Crippen LogP contribution >= 0.6 is 24.0 Å². The minimum atomic E-state index is -0.842. The van der Waals surface area contributed by atoms with E-state index in [9.17, 15) is 4.79 Å². The number of carboxylic acid groups (broad SMARTS) is 1. The Morgan fingerprint density at radius 2 is 2.14 bits per heavy atom. The fourth-order valence-electron chi connectivity index (χ4n) is 1.01. The highest BCUT2D eigenvalue weighted by Crippen LogP contribution is 2.17. The molecule has 1 aromatic carbocycles. The summed E-state index contributed by atoms with van der Waals surface area (Å²) in [5, 5.41) is 8.50.